The Labute approximate surface area is 191 Å². The molecule has 6 rings (SSSR count). The second-order valence-electron chi connectivity index (χ2n) is 9.54. The van der Waals surface area contributed by atoms with Crippen LogP contribution in [0.2, 0.25) is 0 Å². The number of nitrogens with one attached hydrogen (secondary N) is 1. The number of phenolic OH excluding ortho intramolecular Hbond substituents is 1. The molecule has 0 saturated heterocycles. The molecule has 3 saturated carbocycles. The fourth-order valence-corrected chi connectivity index (χ4v) is 5.36. The Bertz CT molecular complexity index is 1240. The first kappa shape index (κ1) is 22.6. The second kappa shape index (κ2) is 7.68. The summed E-state index contributed by atoms with van der Waals surface area (Å²) < 4.78 is 68.1. The van der Waals surface area contributed by atoms with Crippen LogP contribution in [0.5, 0.6) is 5.75 Å². The molecule has 180 valence electrons. The van der Waals surface area contributed by atoms with Crippen LogP contribution in [0.4, 0.5) is 22.0 Å². The number of fused-ring (bicyclic) bond motifs is 4. The lowest BCUT2D eigenvalue weighted by Gasteiger charge is -2.53. The molecule has 0 spiro atoms. The van der Waals surface area contributed by atoms with Gasteiger partial charge in [0.25, 0.3) is 5.91 Å². The zero-order chi connectivity index (χ0) is 24.3. The molecule has 3 aromatic rings. The number of benzene rings is 2. The summed E-state index contributed by atoms with van der Waals surface area (Å²) in [5.74, 6) is -4.13. The third-order valence-corrected chi connectivity index (χ3v) is 7.58. The number of carbonyl (C=O) groups excluding carboxylic acids is 1. The largest absolute Gasteiger partial charge is 0.503 e. The fourth-order valence-electron chi connectivity index (χ4n) is 5.36. The van der Waals surface area contributed by atoms with Gasteiger partial charge in [-0.3, -0.25) is 9.48 Å². The van der Waals surface area contributed by atoms with Crippen LogP contribution >= 0.6 is 0 Å². The molecule has 2 bridgehead atoms. The average Bonchev–Trinajstić information content (AvgIpc) is 3.26. The molecule has 0 unspecified atom stereocenters. The molecule has 34 heavy (non-hydrogen) atoms. The molecule has 3 fully saturated rings. The number of hydrogen-bond acceptors (Lipinski definition) is 3. The van der Waals surface area contributed by atoms with Crippen LogP contribution in [0.3, 0.4) is 0 Å². The summed E-state index contributed by atoms with van der Waals surface area (Å²) >= 11 is 0. The van der Waals surface area contributed by atoms with Gasteiger partial charge in [-0.1, -0.05) is 0 Å². The summed E-state index contributed by atoms with van der Waals surface area (Å²) in [6, 6.07) is 5.15. The Morgan fingerprint density at radius 3 is 2.24 bits per heavy atom. The van der Waals surface area contributed by atoms with Gasteiger partial charge in [-0.2, -0.15) is 18.3 Å². The number of aromatic nitrogens is 2. The minimum atomic E-state index is -4.41. The summed E-state index contributed by atoms with van der Waals surface area (Å²) in [7, 11) is 0. The Morgan fingerprint density at radius 2 is 1.65 bits per heavy atom. The number of amides is 1. The van der Waals surface area contributed by atoms with Gasteiger partial charge in [0.2, 0.25) is 0 Å². The highest BCUT2D eigenvalue weighted by Gasteiger charge is 2.50. The van der Waals surface area contributed by atoms with Crippen LogP contribution in [0.1, 0.15) is 54.4 Å². The van der Waals surface area contributed by atoms with E-state index in [1.54, 1.807) is 6.20 Å². The second-order valence-corrected chi connectivity index (χ2v) is 9.54. The molecule has 10 heteroatoms. The Morgan fingerprint density at radius 1 is 1.03 bits per heavy atom. The fraction of sp³-hybridized carbons (Fsp3) is 0.417. The number of phenols is 1. The van der Waals surface area contributed by atoms with E-state index in [-0.39, 0.29) is 16.5 Å². The van der Waals surface area contributed by atoms with Crippen molar-refractivity contribution in [3.05, 3.63) is 59.3 Å². The predicted octanol–water partition coefficient (Wildman–Crippen LogP) is 5.52. The van der Waals surface area contributed by atoms with Crippen molar-refractivity contribution in [1.82, 2.24) is 15.1 Å². The number of alkyl halides is 3. The Balaban J connectivity index is 1.28. The van der Waals surface area contributed by atoms with Crippen LogP contribution in [0, 0.1) is 17.0 Å². The number of rotatable bonds is 4. The lowest BCUT2D eigenvalue weighted by Crippen LogP contribution is -2.51. The van der Waals surface area contributed by atoms with Crippen molar-refractivity contribution in [2.75, 3.05) is 6.54 Å². The summed E-state index contributed by atoms with van der Waals surface area (Å²) in [4.78, 5) is 12.4. The number of hydrogen-bond donors (Lipinski definition) is 2. The summed E-state index contributed by atoms with van der Waals surface area (Å²) in [5.41, 5.74) is -0.807. The minimum Gasteiger partial charge on any atom is -0.503 e. The normalized spacial score (nSPS) is 24.5. The van der Waals surface area contributed by atoms with E-state index in [4.69, 9.17) is 0 Å². The molecule has 5 nitrogen and oxygen atoms in total. The number of carbonyl (C=O) groups is 1. The SMILES string of the molecule is O=C(NCC12CCC(n3cc4cc(C(F)(F)F)ccc4n3)(CC1)CC2)c1cc(F)c(O)c(F)c1. The molecular weight excluding hydrogens is 457 g/mol. The molecule has 0 aliphatic heterocycles. The van der Waals surface area contributed by atoms with Crippen molar-refractivity contribution in [3.8, 4) is 5.75 Å². The number of aromatic hydroxyl groups is 1. The van der Waals surface area contributed by atoms with Gasteiger partial charge in [0, 0.05) is 23.7 Å². The topological polar surface area (TPSA) is 67.2 Å². The maximum absolute atomic E-state index is 13.6. The first-order chi connectivity index (χ1) is 16.0. The average molecular weight is 479 g/mol. The quantitative estimate of drug-likeness (QED) is 0.485. The number of nitrogens with zero attached hydrogens (tertiary/aromatic N) is 2. The molecular formula is C24H22F5N3O2. The van der Waals surface area contributed by atoms with Gasteiger partial charge in [0.15, 0.2) is 17.4 Å². The molecule has 1 aromatic heterocycles. The van der Waals surface area contributed by atoms with E-state index in [1.807, 2.05) is 4.68 Å². The maximum Gasteiger partial charge on any atom is 0.416 e. The van der Waals surface area contributed by atoms with Gasteiger partial charge in [0.1, 0.15) is 0 Å². The highest BCUT2D eigenvalue weighted by molar-refractivity contribution is 5.94. The molecule has 2 N–H and O–H groups in total. The first-order valence-electron chi connectivity index (χ1n) is 11.0. The van der Waals surface area contributed by atoms with Gasteiger partial charge in [-0.15, -0.1) is 0 Å². The maximum atomic E-state index is 13.6. The van der Waals surface area contributed by atoms with Gasteiger partial charge < -0.3 is 10.4 Å². The summed E-state index contributed by atoms with van der Waals surface area (Å²) in [6.45, 7) is 0.349. The monoisotopic (exact) mass is 479 g/mol. The van der Waals surface area contributed by atoms with Crippen molar-refractivity contribution in [1.29, 1.82) is 0 Å². The van der Waals surface area contributed by atoms with E-state index >= 15 is 0 Å². The van der Waals surface area contributed by atoms with Crippen molar-refractivity contribution in [3.63, 3.8) is 0 Å². The zero-order valence-corrected chi connectivity index (χ0v) is 18.1. The van der Waals surface area contributed by atoms with Crippen LogP contribution in [-0.2, 0) is 11.7 Å². The highest BCUT2D eigenvalue weighted by atomic mass is 19.4. The molecule has 1 amide bonds. The van der Waals surface area contributed by atoms with Gasteiger partial charge in [-0.05, 0) is 74.3 Å². The van der Waals surface area contributed by atoms with E-state index in [2.05, 4.69) is 10.4 Å². The van der Waals surface area contributed by atoms with E-state index < -0.39 is 35.0 Å². The smallest absolute Gasteiger partial charge is 0.416 e. The van der Waals surface area contributed by atoms with Crippen LogP contribution < -0.4 is 5.32 Å². The van der Waals surface area contributed by atoms with Crippen LogP contribution in [-0.4, -0.2) is 27.3 Å². The predicted molar refractivity (Wildman–Crippen MR) is 113 cm³/mol. The van der Waals surface area contributed by atoms with Gasteiger partial charge in [0.05, 0.1) is 16.6 Å². The molecule has 2 aromatic carbocycles. The van der Waals surface area contributed by atoms with E-state index in [0.717, 1.165) is 62.8 Å². The molecule has 0 radical (unpaired) electrons. The van der Waals surface area contributed by atoms with Crippen molar-refractivity contribution in [2.24, 2.45) is 5.41 Å². The first-order valence-corrected chi connectivity index (χ1v) is 11.0. The van der Waals surface area contributed by atoms with Crippen molar-refractivity contribution >= 4 is 16.8 Å². The molecule has 3 aliphatic rings. The van der Waals surface area contributed by atoms with E-state index in [1.165, 1.54) is 6.07 Å². The molecule has 1 heterocycles. The van der Waals surface area contributed by atoms with E-state index in [9.17, 15) is 31.9 Å². The van der Waals surface area contributed by atoms with Crippen molar-refractivity contribution in [2.45, 2.75) is 50.2 Å². The van der Waals surface area contributed by atoms with Crippen LogP contribution in [0.25, 0.3) is 10.9 Å². The summed E-state index contributed by atoms with van der Waals surface area (Å²) in [6.07, 6.45) is 1.95. The lowest BCUT2D eigenvalue weighted by atomic mass is 9.57. The molecule has 0 atom stereocenters. The lowest BCUT2D eigenvalue weighted by molar-refractivity contribution is -0.137. The Kier molecular flexibility index (Phi) is 5.11. The third-order valence-electron chi connectivity index (χ3n) is 7.58. The van der Waals surface area contributed by atoms with Gasteiger partial charge >= 0.3 is 6.18 Å². The van der Waals surface area contributed by atoms with Crippen LogP contribution in [0.15, 0.2) is 36.5 Å². The van der Waals surface area contributed by atoms with Crippen molar-refractivity contribution < 1.29 is 31.9 Å². The summed E-state index contributed by atoms with van der Waals surface area (Å²) in [5, 5.41) is 17.0. The van der Waals surface area contributed by atoms with Gasteiger partial charge in [-0.25, -0.2) is 8.78 Å². The zero-order valence-electron chi connectivity index (χ0n) is 18.1. The van der Waals surface area contributed by atoms with E-state index in [0.29, 0.717) is 17.4 Å². The standard InChI is InChI=1S/C24H22F5N3O2/c25-17-10-14(11-18(26)20(17)33)21(34)30-13-22-3-6-23(7-4-22,8-5-22)32-12-15-9-16(24(27,28)29)1-2-19(15)31-32/h1-2,9-12,33H,3-8,13H2,(H,30,34). The minimum absolute atomic E-state index is 0.151. The highest BCUT2D eigenvalue weighted by Crippen LogP contribution is 2.55. The Hall–Kier alpha value is -3.17. The molecule has 3 aliphatic carbocycles. The number of halogens is 5. The third kappa shape index (κ3) is 3.78.